The van der Waals surface area contributed by atoms with E-state index in [4.69, 9.17) is 4.99 Å². The van der Waals surface area contributed by atoms with Crippen LogP contribution in [0.15, 0.2) is 4.99 Å². The van der Waals surface area contributed by atoms with Crippen molar-refractivity contribution in [3.05, 3.63) is 0 Å². The van der Waals surface area contributed by atoms with Gasteiger partial charge in [0.15, 0.2) is 5.96 Å². The van der Waals surface area contributed by atoms with Gasteiger partial charge in [-0.2, -0.15) is 0 Å². The molecule has 0 aliphatic carbocycles. The number of likely N-dealkylation sites (tertiary alicyclic amines) is 1. The minimum Gasteiger partial charge on any atom is -0.357 e. The molecule has 0 spiro atoms. The highest BCUT2D eigenvalue weighted by molar-refractivity contribution is 5.80. The van der Waals surface area contributed by atoms with Crippen molar-refractivity contribution in [2.45, 2.75) is 53.0 Å². The number of hydrogen-bond donors (Lipinski definition) is 1. The lowest BCUT2D eigenvalue weighted by molar-refractivity contribution is 0.204. The molecule has 124 valence electrons. The van der Waals surface area contributed by atoms with Crippen LogP contribution in [0.3, 0.4) is 0 Å². The summed E-state index contributed by atoms with van der Waals surface area (Å²) in [5, 5.41) is 3.47. The molecule has 0 radical (unpaired) electrons. The third kappa shape index (κ3) is 5.85. The standard InChI is InChI=1S/C17H36N4/c1-8-18-16(19-13-17(4,5)20(6)7)21-10-9-15(12-21)11-14(2)3/h14-15H,8-13H2,1-7H3,(H,18,19). The molecule has 1 saturated heterocycles. The van der Waals surface area contributed by atoms with Crippen molar-refractivity contribution in [3.63, 3.8) is 0 Å². The lowest BCUT2D eigenvalue weighted by Crippen LogP contribution is -2.44. The van der Waals surface area contributed by atoms with E-state index in [1.165, 1.54) is 12.8 Å². The second-order valence-electron chi connectivity index (χ2n) is 7.61. The second kappa shape index (κ2) is 8.02. The minimum absolute atomic E-state index is 0.0950. The average molecular weight is 297 g/mol. The summed E-state index contributed by atoms with van der Waals surface area (Å²) >= 11 is 0. The molecule has 1 aliphatic rings. The largest absolute Gasteiger partial charge is 0.357 e. The first-order valence-electron chi connectivity index (χ1n) is 8.47. The third-order valence-electron chi connectivity index (χ3n) is 4.55. The first-order valence-corrected chi connectivity index (χ1v) is 8.47. The van der Waals surface area contributed by atoms with Gasteiger partial charge in [-0.05, 0) is 59.5 Å². The van der Waals surface area contributed by atoms with Crippen molar-refractivity contribution in [2.75, 3.05) is 40.3 Å². The van der Waals surface area contributed by atoms with Gasteiger partial charge in [-0.25, -0.2) is 0 Å². The predicted molar refractivity (Wildman–Crippen MR) is 92.9 cm³/mol. The molecular weight excluding hydrogens is 260 g/mol. The number of nitrogens with one attached hydrogen (secondary N) is 1. The molecule has 1 atom stereocenters. The zero-order valence-electron chi connectivity index (χ0n) is 15.2. The van der Waals surface area contributed by atoms with Gasteiger partial charge in [-0.1, -0.05) is 13.8 Å². The Bertz CT molecular complexity index is 334. The molecule has 0 amide bonds. The van der Waals surface area contributed by atoms with Crippen molar-refractivity contribution in [3.8, 4) is 0 Å². The van der Waals surface area contributed by atoms with Gasteiger partial charge in [0.2, 0.25) is 0 Å². The molecule has 1 aliphatic heterocycles. The van der Waals surface area contributed by atoms with Gasteiger partial charge in [0.25, 0.3) is 0 Å². The fraction of sp³-hybridized carbons (Fsp3) is 0.941. The molecule has 0 bridgehead atoms. The first-order chi connectivity index (χ1) is 9.76. The van der Waals surface area contributed by atoms with Gasteiger partial charge in [-0.15, -0.1) is 0 Å². The zero-order valence-corrected chi connectivity index (χ0v) is 15.2. The van der Waals surface area contributed by atoms with Crippen molar-refractivity contribution >= 4 is 5.96 Å². The molecule has 4 nitrogen and oxygen atoms in total. The van der Waals surface area contributed by atoms with Gasteiger partial charge in [0.05, 0.1) is 6.54 Å². The Kier molecular flexibility index (Phi) is 6.98. The molecule has 1 fully saturated rings. The van der Waals surface area contributed by atoms with Crippen molar-refractivity contribution in [2.24, 2.45) is 16.8 Å². The smallest absolute Gasteiger partial charge is 0.193 e. The lowest BCUT2D eigenvalue weighted by atomic mass is 9.97. The molecule has 0 aromatic heterocycles. The predicted octanol–water partition coefficient (Wildman–Crippen LogP) is 2.66. The second-order valence-corrected chi connectivity index (χ2v) is 7.61. The van der Waals surface area contributed by atoms with Crippen molar-refractivity contribution in [1.82, 2.24) is 15.1 Å². The molecule has 21 heavy (non-hydrogen) atoms. The van der Waals surface area contributed by atoms with Crippen LogP contribution in [0, 0.1) is 11.8 Å². The topological polar surface area (TPSA) is 30.9 Å². The normalized spacial score (nSPS) is 20.7. The van der Waals surface area contributed by atoms with E-state index in [9.17, 15) is 0 Å². The average Bonchev–Trinajstić information content (AvgIpc) is 2.81. The molecule has 4 heteroatoms. The summed E-state index contributed by atoms with van der Waals surface area (Å²) in [6.45, 7) is 15.3. The summed E-state index contributed by atoms with van der Waals surface area (Å²) in [5.41, 5.74) is 0.0950. The summed E-state index contributed by atoms with van der Waals surface area (Å²) in [7, 11) is 4.24. The highest BCUT2D eigenvalue weighted by atomic mass is 15.3. The first kappa shape index (κ1) is 18.3. The van der Waals surface area contributed by atoms with Crippen molar-refractivity contribution in [1.29, 1.82) is 0 Å². The summed E-state index contributed by atoms with van der Waals surface area (Å²) in [4.78, 5) is 9.58. The lowest BCUT2D eigenvalue weighted by Gasteiger charge is -2.32. The van der Waals surface area contributed by atoms with E-state index >= 15 is 0 Å². The van der Waals surface area contributed by atoms with Crippen LogP contribution in [0.5, 0.6) is 0 Å². The molecule has 1 N–H and O–H groups in total. The number of likely N-dealkylation sites (N-methyl/N-ethyl adjacent to an activating group) is 1. The minimum atomic E-state index is 0.0950. The van der Waals surface area contributed by atoms with Crippen LogP contribution >= 0.6 is 0 Å². The fourth-order valence-electron chi connectivity index (χ4n) is 2.72. The van der Waals surface area contributed by atoms with Crippen LogP contribution < -0.4 is 5.32 Å². The van der Waals surface area contributed by atoms with Gasteiger partial charge in [0, 0.05) is 25.2 Å². The van der Waals surface area contributed by atoms with Crippen LogP contribution in [0.25, 0.3) is 0 Å². The Morgan fingerprint density at radius 2 is 2.05 bits per heavy atom. The van der Waals surface area contributed by atoms with E-state index in [0.717, 1.165) is 44.0 Å². The highest BCUT2D eigenvalue weighted by Crippen LogP contribution is 2.23. The van der Waals surface area contributed by atoms with E-state index in [1.807, 2.05) is 0 Å². The summed E-state index contributed by atoms with van der Waals surface area (Å²) in [5.74, 6) is 2.72. The van der Waals surface area contributed by atoms with Crippen molar-refractivity contribution < 1.29 is 0 Å². The Morgan fingerprint density at radius 3 is 2.57 bits per heavy atom. The molecular formula is C17H36N4. The van der Waals surface area contributed by atoms with Crippen LogP contribution in [0.1, 0.15) is 47.5 Å². The maximum absolute atomic E-state index is 4.89. The highest BCUT2D eigenvalue weighted by Gasteiger charge is 2.26. The molecule has 1 rings (SSSR count). The summed E-state index contributed by atoms with van der Waals surface area (Å²) in [6.07, 6.45) is 2.64. The third-order valence-corrected chi connectivity index (χ3v) is 4.55. The Labute approximate surface area is 132 Å². The fourth-order valence-corrected chi connectivity index (χ4v) is 2.72. The van der Waals surface area contributed by atoms with Gasteiger partial charge in [-0.3, -0.25) is 4.99 Å². The van der Waals surface area contributed by atoms with Crippen LogP contribution in [0.2, 0.25) is 0 Å². The SMILES string of the molecule is CCNC(=NCC(C)(C)N(C)C)N1CCC(CC(C)C)C1. The van der Waals surface area contributed by atoms with Crippen LogP contribution in [0.4, 0.5) is 0 Å². The van der Waals surface area contributed by atoms with E-state index < -0.39 is 0 Å². The monoisotopic (exact) mass is 296 g/mol. The Morgan fingerprint density at radius 1 is 1.38 bits per heavy atom. The molecule has 1 heterocycles. The van der Waals surface area contributed by atoms with Gasteiger partial charge in [0.1, 0.15) is 0 Å². The summed E-state index contributed by atoms with van der Waals surface area (Å²) < 4.78 is 0. The molecule has 0 aromatic carbocycles. The maximum atomic E-state index is 4.89. The van der Waals surface area contributed by atoms with E-state index in [1.54, 1.807) is 0 Å². The molecule has 1 unspecified atom stereocenters. The quantitative estimate of drug-likeness (QED) is 0.604. The number of nitrogens with zero attached hydrogens (tertiary/aromatic N) is 3. The van der Waals surface area contributed by atoms with E-state index in [0.29, 0.717) is 0 Å². The van der Waals surface area contributed by atoms with Crippen LogP contribution in [-0.2, 0) is 0 Å². The zero-order chi connectivity index (χ0) is 16.0. The van der Waals surface area contributed by atoms with E-state index in [-0.39, 0.29) is 5.54 Å². The number of rotatable bonds is 6. The Hall–Kier alpha value is -0.770. The molecule has 0 saturated carbocycles. The summed E-state index contributed by atoms with van der Waals surface area (Å²) in [6, 6.07) is 0. The van der Waals surface area contributed by atoms with Gasteiger partial charge >= 0.3 is 0 Å². The van der Waals surface area contributed by atoms with E-state index in [2.05, 4.69) is 63.8 Å². The van der Waals surface area contributed by atoms with Crippen LogP contribution in [-0.4, -0.2) is 61.6 Å². The number of hydrogen-bond acceptors (Lipinski definition) is 2. The molecule has 0 aromatic rings. The number of aliphatic imine (C=N–C) groups is 1. The van der Waals surface area contributed by atoms with Gasteiger partial charge < -0.3 is 15.1 Å². The Balaban J connectivity index is 2.65. The number of guanidine groups is 1. The maximum Gasteiger partial charge on any atom is 0.193 e.